The first-order valence-corrected chi connectivity index (χ1v) is 7.57. The maximum absolute atomic E-state index is 9.73. The van der Waals surface area contributed by atoms with Gasteiger partial charge in [0.1, 0.15) is 0 Å². The molecule has 0 amide bonds. The number of hydrogen-bond acceptors (Lipinski definition) is 2. The van der Waals surface area contributed by atoms with Crippen LogP contribution in [0, 0.1) is 0 Å². The standard InChI is InChI=1S/C16H17BrClNO/c1-16(11-20,10-12-5-3-2-4-6-12)19-13-7-8-15(18)14(17)9-13/h2-9,19-20H,10-11H2,1H3. The van der Waals surface area contributed by atoms with Crippen molar-refractivity contribution in [1.29, 1.82) is 0 Å². The fourth-order valence-corrected chi connectivity index (χ4v) is 2.60. The maximum Gasteiger partial charge on any atom is 0.0662 e. The van der Waals surface area contributed by atoms with E-state index in [-0.39, 0.29) is 6.61 Å². The minimum Gasteiger partial charge on any atom is -0.394 e. The molecule has 20 heavy (non-hydrogen) atoms. The third kappa shape index (κ3) is 3.98. The summed E-state index contributed by atoms with van der Waals surface area (Å²) in [5, 5.41) is 13.8. The molecule has 1 unspecified atom stereocenters. The first-order chi connectivity index (χ1) is 9.52. The molecule has 0 aromatic heterocycles. The second-order valence-electron chi connectivity index (χ2n) is 5.14. The van der Waals surface area contributed by atoms with Gasteiger partial charge in [0.25, 0.3) is 0 Å². The van der Waals surface area contributed by atoms with Crippen LogP contribution in [0.3, 0.4) is 0 Å². The van der Waals surface area contributed by atoms with Crippen molar-refractivity contribution in [2.24, 2.45) is 0 Å². The number of benzene rings is 2. The van der Waals surface area contributed by atoms with Crippen LogP contribution < -0.4 is 5.32 Å². The highest BCUT2D eigenvalue weighted by molar-refractivity contribution is 9.10. The van der Waals surface area contributed by atoms with Crippen LogP contribution in [0.4, 0.5) is 5.69 Å². The molecule has 0 aliphatic heterocycles. The molecule has 2 aromatic rings. The first kappa shape index (κ1) is 15.4. The lowest BCUT2D eigenvalue weighted by Crippen LogP contribution is -2.41. The number of nitrogens with one attached hydrogen (secondary N) is 1. The van der Waals surface area contributed by atoms with Crippen molar-refractivity contribution in [3.05, 3.63) is 63.6 Å². The van der Waals surface area contributed by atoms with Crippen LogP contribution in [0.25, 0.3) is 0 Å². The molecule has 2 rings (SSSR count). The van der Waals surface area contributed by atoms with E-state index in [1.165, 1.54) is 5.56 Å². The van der Waals surface area contributed by atoms with Gasteiger partial charge in [0.15, 0.2) is 0 Å². The van der Waals surface area contributed by atoms with Crippen molar-refractivity contribution < 1.29 is 5.11 Å². The lowest BCUT2D eigenvalue weighted by molar-refractivity contribution is 0.222. The SMILES string of the molecule is CC(CO)(Cc1ccccc1)Nc1ccc(Cl)c(Br)c1. The Balaban J connectivity index is 2.16. The van der Waals surface area contributed by atoms with Gasteiger partial charge in [0, 0.05) is 10.2 Å². The molecule has 2 aromatic carbocycles. The zero-order valence-corrected chi connectivity index (χ0v) is 13.6. The number of aliphatic hydroxyl groups excluding tert-OH is 1. The fourth-order valence-electron chi connectivity index (χ4n) is 2.11. The fraction of sp³-hybridized carbons (Fsp3) is 0.250. The van der Waals surface area contributed by atoms with E-state index in [2.05, 4.69) is 33.4 Å². The van der Waals surface area contributed by atoms with Crippen LogP contribution in [-0.4, -0.2) is 17.3 Å². The van der Waals surface area contributed by atoms with Crippen LogP contribution in [0.15, 0.2) is 53.0 Å². The Morgan fingerprint density at radius 3 is 2.50 bits per heavy atom. The molecule has 106 valence electrons. The highest BCUT2D eigenvalue weighted by atomic mass is 79.9. The minimum atomic E-state index is -0.422. The lowest BCUT2D eigenvalue weighted by atomic mass is 9.93. The van der Waals surface area contributed by atoms with E-state index < -0.39 is 5.54 Å². The largest absolute Gasteiger partial charge is 0.394 e. The van der Waals surface area contributed by atoms with Crippen molar-refractivity contribution in [3.63, 3.8) is 0 Å². The van der Waals surface area contributed by atoms with Crippen LogP contribution in [0.1, 0.15) is 12.5 Å². The summed E-state index contributed by atoms with van der Waals surface area (Å²) in [4.78, 5) is 0. The van der Waals surface area contributed by atoms with Gasteiger partial charge in [-0.05, 0) is 53.0 Å². The molecule has 0 radical (unpaired) electrons. The van der Waals surface area contributed by atoms with E-state index in [0.29, 0.717) is 5.02 Å². The molecule has 0 saturated heterocycles. The monoisotopic (exact) mass is 353 g/mol. The normalized spacial score (nSPS) is 13.8. The second kappa shape index (κ2) is 6.61. The molecule has 2 N–H and O–H groups in total. The number of anilines is 1. The molecule has 4 heteroatoms. The molecule has 0 fully saturated rings. The van der Waals surface area contributed by atoms with Gasteiger partial charge in [0.05, 0.1) is 17.2 Å². The summed E-state index contributed by atoms with van der Waals surface area (Å²) in [7, 11) is 0. The molecule has 0 heterocycles. The maximum atomic E-state index is 9.73. The number of halogens is 2. The van der Waals surface area contributed by atoms with Gasteiger partial charge >= 0.3 is 0 Å². The average molecular weight is 355 g/mol. The van der Waals surface area contributed by atoms with Gasteiger partial charge in [-0.25, -0.2) is 0 Å². The number of hydrogen-bond donors (Lipinski definition) is 2. The van der Waals surface area contributed by atoms with E-state index in [1.54, 1.807) is 0 Å². The van der Waals surface area contributed by atoms with E-state index in [1.807, 2.05) is 43.3 Å². The summed E-state index contributed by atoms with van der Waals surface area (Å²) in [6, 6.07) is 15.8. The van der Waals surface area contributed by atoms with Crippen molar-refractivity contribution >= 4 is 33.2 Å². The first-order valence-electron chi connectivity index (χ1n) is 6.40. The molecule has 2 nitrogen and oxygen atoms in total. The summed E-state index contributed by atoms with van der Waals surface area (Å²) >= 11 is 9.40. The molecule has 0 aliphatic rings. The van der Waals surface area contributed by atoms with Gasteiger partial charge < -0.3 is 10.4 Å². The molecule has 0 spiro atoms. The quantitative estimate of drug-likeness (QED) is 0.828. The van der Waals surface area contributed by atoms with E-state index >= 15 is 0 Å². The van der Waals surface area contributed by atoms with E-state index in [4.69, 9.17) is 11.6 Å². The average Bonchev–Trinajstić information content (AvgIpc) is 2.44. The van der Waals surface area contributed by atoms with Gasteiger partial charge in [0.2, 0.25) is 0 Å². The van der Waals surface area contributed by atoms with Crippen molar-refractivity contribution in [1.82, 2.24) is 0 Å². The lowest BCUT2D eigenvalue weighted by Gasteiger charge is -2.30. The third-order valence-electron chi connectivity index (χ3n) is 3.15. The second-order valence-corrected chi connectivity index (χ2v) is 6.40. The van der Waals surface area contributed by atoms with Gasteiger partial charge in [-0.1, -0.05) is 41.9 Å². The van der Waals surface area contributed by atoms with E-state index in [0.717, 1.165) is 16.6 Å². The highest BCUT2D eigenvalue weighted by Crippen LogP contribution is 2.28. The van der Waals surface area contributed by atoms with Gasteiger partial charge in [-0.3, -0.25) is 0 Å². The van der Waals surface area contributed by atoms with Crippen molar-refractivity contribution in [2.75, 3.05) is 11.9 Å². The van der Waals surface area contributed by atoms with Crippen molar-refractivity contribution in [2.45, 2.75) is 18.9 Å². The molecule has 0 aliphatic carbocycles. The Hall–Kier alpha value is -1.03. The van der Waals surface area contributed by atoms with Crippen LogP contribution in [-0.2, 0) is 6.42 Å². The summed E-state index contributed by atoms with van der Waals surface area (Å²) in [6.45, 7) is 2.05. The number of rotatable bonds is 5. The van der Waals surface area contributed by atoms with Gasteiger partial charge in [-0.15, -0.1) is 0 Å². The predicted molar refractivity (Wildman–Crippen MR) is 88.4 cm³/mol. The Kier molecular flexibility index (Phi) is 5.08. The van der Waals surface area contributed by atoms with Crippen LogP contribution in [0.2, 0.25) is 5.02 Å². The van der Waals surface area contributed by atoms with Crippen LogP contribution >= 0.6 is 27.5 Å². The molecular formula is C16H17BrClNO. The third-order valence-corrected chi connectivity index (χ3v) is 4.37. The number of aliphatic hydroxyl groups is 1. The predicted octanol–water partition coefficient (Wildman–Crippen LogP) is 4.51. The Morgan fingerprint density at radius 2 is 1.90 bits per heavy atom. The smallest absolute Gasteiger partial charge is 0.0662 e. The Bertz CT molecular complexity index is 576. The Morgan fingerprint density at radius 1 is 1.20 bits per heavy atom. The molecule has 0 bridgehead atoms. The zero-order chi connectivity index (χ0) is 14.6. The van der Waals surface area contributed by atoms with E-state index in [9.17, 15) is 5.11 Å². The molecule has 1 atom stereocenters. The minimum absolute atomic E-state index is 0.0438. The van der Waals surface area contributed by atoms with Crippen molar-refractivity contribution in [3.8, 4) is 0 Å². The molecule has 0 saturated carbocycles. The van der Waals surface area contributed by atoms with Crippen LogP contribution in [0.5, 0.6) is 0 Å². The summed E-state index contributed by atoms with van der Waals surface area (Å²) in [6.07, 6.45) is 0.741. The highest BCUT2D eigenvalue weighted by Gasteiger charge is 2.23. The summed E-state index contributed by atoms with van der Waals surface area (Å²) in [5.41, 5.74) is 1.69. The zero-order valence-electron chi connectivity index (χ0n) is 11.2. The summed E-state index contributed by atoms with van der Waals surface area (Å²) < 4.78 is 0.837. The topological polar surface area (TPSA) is 32.3 Å². The molecular weight excluding hydrogens is 338 g/mol. The van der Waals surface area contributed by atoms with Gasteiger partial charge in [-0.2, -0.15) is 0 Å². The summed E-state index contributed by atoms with van der Waals surface area (Å²) in [5.74, 6) is 0. The Labute approximate surface area is 132 Å².